The van der Waals surface area contributed by atoms with Crippen LogP contribution in [0.2, 0.25) is 0 Å². The first-order valence-electron chi connectivity index (χ1n) is 11.5. The molecule has 2 aromatic carbocycles. The van der Waals surface area contributed by atoms with Crippen LogP contribution >= 0.6 is 11.3 Å². The molecule has 0 spiro atoms. The molecule has 182 valence electrons. The largest absolute Gasteiger partial charge is 0.493 e. The van der Waals surface area contributed by atoms with Crippen molar-refractivity contribution in [1.82, 2.24) is 14.5 Å². The third-order valence-corrected chi connectivity index (χ3v) is 6.76. The second-order valence-corrected chi connectivity index (χ2v) is 9.26. The van der Waals surface area contributed by atoms with Crippen molar-refractivity contribution in [2.45, 2.75) is 40.0 Å². The maximum absolute atomic E-state index is 13.0. The van der Waals surface area contributed by atoms with E-state index in [1.165, 1.54) is 10.9 Å². The summed E-state index contributed by atoms with van der Waals surface area (Å²) in [6.07, 6.45) is 1.74. The fourth-order valence-electron chi connectivity index (χ4n) is 3.94. The Kier molecular flexibility index (Phi) is 7.82. The van der Waals surface area contributed by atoms with Crippen LogP contribution in [0.15, 0.2) is 65.0 Å². The Morgan fingerprint density at radius 1 is 1.14 bits per heavy atom. The summed E-state index contributed by atoms with van der Waals surface area (Å²) in [5.74, 6) is 1.27. The lowest BCUT2D eigenvalue weighted by Gasteiger charge is -2.22. The van der Waals surface area contributed by atoms with Gasteiger partial charge in [0.15, 0.2) is 11.5 Å². The molecule has 0 aliphatic heterocycles. The van der Waals surface area contributed by atoms with E-state index >= 15 is 0 Å². The Labute approximate surface area is 208 Å². The van der Waals surface area contributed by atoms with Crippen molar-refractivity contribution in [3.05, 3.63) is 86.6 Å². The van der Waals surface area contributed by atoms with E-state index in [-0.39, 0.29) is 24.4 Å². The fraction of sp³-hybridized carbons (Fsp3) is 0.296. The van der Waals surface area contributed by atoms with Gasteiger partial charge in [0.2, 0.25) is 5.91 Å². The Morgan fingerprint density at radius 2 is 2.00 bits per heavy atom. The lowest BCUT2D eigenvalue weighted by Crippen LogP contribution is -2.32. The maximum Gasteiger partial charge on any atom is 0.261 e. The van der Waals surface area contributed by atoms with Gasteiger partial charge >= 0.3 is 0 Å². The smallest absolute Gasteiger partial charge is 0.261 e. The van der Waals surface area contributed by atoms with Gasteiger partial charge in [0.1, 0.15) is 6.61 Å². The Hall–Kier alpha value is -3.65. The quantitative estimate of drug-likeness (QED) is 0.319. The number of thiophene rings is 1. The summed E-state index contributed by atoms with van der Waals surface area (Å²) >= 11 is 1.64. The van der Waals surface area contributed by atoms with Crippen molar-refractivity contribution in [1.29, 1.82) is 0 Å². The van der Waals surface area contributed by atoms with Gasteiger partial charge in [-0.15, -0.1) is 11.3 Å². The van der Waals surface area contributed by atoms with Crippen LogP contribution in [-0.2, 0) is 24.5 Å². The first-order chi connectivity index (χ1) is 17.0. The number of aromatic nitrogens is 2. The number of aryl methyl sites for hydroxylation is 2. The number of para-hydroxylation sites is 1. The van der Waals surface area contributed by atoms with Crippen molar-refractivity contribution in [2.75, 3.05) is 13.7 Å². The van der Waals surface area contributed by atoms with Gasteiger partial charge in [-0.1, -0.05) is 24.3 Å². The summed E-state index contributed by atoms with van der Waals surface area (Å²) in [6.45, 7) is 5.64. The topological polar surface area (TPSA) is 73.7 Å². The number of carbonyl (C=O) groups is 1. The number of hydrogen-bond acceptors (Lipinski definition) is 6. The van der Waals surface area contributed by atoms with Crippen molar-refractivity contribution >= 4 is 28.1 Å². The van der Waals surface area contributed by atoms with Gasteiger partial charge in [0, 0.05) is 30.9 Å². The number of rotatable bonds is 10. The van der Waals surface area contributed by atoms with E-state index in [1.54, 1.807) is 29.4 Å². The number of carbonyl (C=O) groups excluding carboxylic acids is 1. The maximum atomic E-state index is 13.0. The van der Waals surface area contributed by atoms with E-state index < -0.39 is 0 Å². The molecular weight excluding hydrogens is 462 g/mol. The van der Waals surface area contributed by atoms with Crippen molar-refractivity contribution in [3.8, 4) is 11.5 Å². The summed E-state index contributed by atoms with van der Waals surface area (Å²) < 4.78 is 12.9. The third kappa shape index (κ3) is 5.71. The number of fused-ring (bicyclic) bond motifs is 1. The molecule has 0 unspecified atom stereocenters. The molecule has 0 saturated carbocycles. The monoisotopic (exact) mass is 491 g/mol. The highest BCUT2D eigenvalue weighted by Crippen LogP contribution is 2.30. The van der Waals surface area contributed by atoms with Crippen LogP contribution in [0, 0.1) is 6.92 Å². The molecule has 0 saturated heterocycles. The van der Waals surface area contributed by atoms with Crippen LogP contribution in [0.3, 0.4) is 0 Å². The summed E-state index contributed by atoms with van der Waals surface area (Å²) in [7, 11) is 1.61. The molecule has 0 aliphatic rings. The molecule has 4 aromatic rings. The van der Waals surface area contributed by atoms with E-state index in [2.05, 4.69) is 4.98 Å². The minimum Gasteiger partial charge on any atom is -0.493 e. The minimum absolute atomic E-state index is 0.0271. The normalized spacial score (nSPS) is 10.9. The molecular formula is C27H29N3O4S. The number of methoxy groups -OCH3 is 1. The molecule has 4 rings (SSSR count). The van der Waals surface area contributed by atoms with E-state index in [1.807, 2.05) is 61.7 Å². The van der Waals surface area contributed by atoms with Crippen molar-refractivity contribution < 1.29 is 14.3 Å². The zero-order chi connectivity index (χ0) is 24.8. The molecule has 0 radical (unpaired) electrons. The zero-order valence-corrected chi connectivity index (χ0v) is 21.0. The Balaban J connectivity index is 1.40. The lowest BCUT2D eigenvalue weighted by atomic mass is 10.1. The Morgan fingerprint density at radius 3 is 2.74 bits per heavy atom. The van der Waals surface area contributed by atoms with Crippen LogP contribution in [0.4, 0.5) is 0 Å². The SMILES string of the molecule is CCN(Cc1ccc(OCc2cccs2)c(OC)c1)C(=O)CCn1cnc2c(C)cccc2c1=O. The third-order valence-electron chi connectivity index (χ3n) is 5.91. The number of hydrogen-bond donors (Lipinski definition) is 0. The van der Waals surface area contributed by atoms with Crippen LogP contribution in [0.25, 0.3) is 10.9 Å². The molecule has 0 aliphatic carbocycles. The lowest BCUT2D eigenvalue weighted by molar-refractivity contribution is -0.131. The van der Waals surface area contributed by atoms with Crippen LogP contribution in [-0.4, -0.2) is 34.0 Å². The molecule has 0 atom stereocenters. The highest BCUT2D eigenvalue weighted by Gasteiger charge is 2.15. The summed E-state index contributed by atoms with van der Waals surface area (Å²) in [5, 5.41) is 2.59. The zero-order valence-electron chi connectivity index (χ0n) is 20.2. The van der Waals surface area contributed by atoms with E-state index in [4.69, 9.17) is 9.47 Å². The average Bonchev–Trinajstić information content (AvgIpc) is 3.40. The standard InChI is InChI=1S/C27H29N3O4S/c1-4-29(16-20-10-11-23(24(15-20)33-3)34-17-21-8-6-14-35-21)25(31)12-13-30-18-28-26-19(2)7-5-9-22(26)27(30)32/h5-11,14-15,18H,4,12-13,16-17H2,1-3H3. The van der Waals surface area contributed by atoms with Crippen LogP contribution in [0.1, 0.15) is 29.3 Å². The highest BCUT2D eigenvalue weighted by atomic mass is 32.1. The van der Waals surface area contributed by atoms with Gasteiger partial charge in [-0.2, -0.15) is 0 Å². The number of amides is 1. The fourth-order valence-corrected chi connectivity index (χ4v) is 4.56. The molecule has 0 N–H and O–H groups in total. The molecule has 0 bridgehead atoms. The first kappa shape index (κ1) is 24.5. The summed E-state index contributed by atoms with van der Waals surface area (Å²) in [4.78, 5) is 33.1. The van der Waals surface area contributed by atoms with Gasteiger partial charge in [-0.25, -0.2) is 4.98 Å². The van der Waals surface area contributed by atoms with Crippen molar-refractivity contribution in [3.63, 3.8) is 0 Å². The number of nitrogens with zero attached hydrogens (tertiary/aromatic N) is 3. The summed E-state index contributed by atoms with van der Waals surface area (Å²) in [6, 6.07) is 15.3. The molecule has 0 fully saturated rings. The van der Waals surface area contributed by atoms with E-state index in [9.17, 15) is 9.59 Å². The number of ether oxygens (including phenoxy) is 2. The molecule has 7 nitrogen and oxygen atoms in total. The van der Waals surface area contributed by atoms with Crippen molar-refractivity contribution in [2.24, 2.45) is 0 Å². The van der Waals surface area contributed by atoms with Crippen LogP contribution in [0.5, 0.6) is 11.5 Å². The molecule has 2 heterocycles. The predicted molar refractivity (Wildman–Crippen MR) is 138 cm³/mol. The van der Waals surface area contributed by atoms with Gasteiger partial charge < -0.3 is 14.4 Å². The second kappa shape index (κ2) is 11.2. The van der Waals surface area contributed by atoms with Gasteiger partial charge in [0.25, 0.3) is 5.56 Å². The average molecular weight is 492 g/mol. The predicted octanol–water partition coefficient (Wildman–Crippen LogP) is 4.79. The molecule has 2 aromatic heterocycles. The van der Waals surface area contributed by atoms with Gasteiger partial charge in [0.05, 0.1) is 24.3 Å². The summed E-state index contributed by atoms with van der Waals surface area (Å²) in [5.41, 5.74) is 2.48. The van der Waals surface area contributed by atoms with Crippen LogP contribution < -0.4 is 15.0 Å². The molecule has 35 heavy (non-hydrogen) atoms. The second-order valence-electron chi connectivity index (χ2n) is 8.23. The van der Waals surface area contributed by atoms with Gasteiger partial charge in [-0.3, -0.25) is 14.2 Å². The highest BCUT2D eigenvalue weighted by molar-refractivity contribution is 7.09. The molecule has 8 heteroatoms. The first-order valence-corrected chi connectivity index (χ1v) is 12.4. The number of benzene rings is 2. The minimum atomic E-state index is -0.127. The van der Waals surface area contributed by atoms with Gasteiger partial charge in [-0.05, 0) is 54.6 Å². The molecule has 1 amide bonds. The van der Waals surface area contributed by atoms with E-state index in [0.29, 0.717) is 42.1 Å². The van der Waals surface area contributed by atoms with E-state index in [0.717, 1.165) is 16.0 Å². The Bertz CT molecular complexity index is 1360.